The van der Waals surface area contributed by atoms with Crippen LogP contribution in [0.15, 0.2) is 53.4 Å². The molecule has 0 unspecified atom stereocenters. The number of ether oxygens (including phenoxy) is 1. The molecule has 1 aromatic heterocycles. The molecular weight excluding hydrogens is 524 g/mol. The van der Waals surface area contributed by atoms with Crippen molar-refractivity contribution in [3.8, 4) is 17.1 Å². The number of rotatable bonds is 5. The molecule has 4 bridgehead atoms. The molecule has 3 aromatic rings. The van der Waals surface area contributed by atoms with Gasteiger partial charge in [0.15, 0.2) is 0 Å². The Labute approximate surface area is 237 Å². The van der Waals surface area contributed by atoms with Crippen molar-refractivity contribution in [3.63, 3.8) is 0 Å². The SMILES string of the molecule is Cc1cccc(CC2CCCCC2)c1-c1cc2nc(n1)NS(=O)(=O)c1cccc(c1)C(=O)N[C@H](CC(C)C)CO2. The van der Waals surface area contributed by atoms with Crippen molar-refractivity contribution in [3.05, 3.63) is 65.2 Å². The second kappa shape index (κ2) is 12.0. The number of sulfonamides is 1. The zero-order valence-corrected chi connectivity index (χ0v) is 24.3. The average Bonchev–Trinajstić information content (AvgIpc) is 2.91. The lowest BCUT2D eigenvalue weighted by Crippen LogP contribution is -2.40. The fourth-order valence-electron chi connectivity index (χ4n) is 5.82. The summed E-state index contributed by atoms with van der Waals surface area (Å²) in [6.07, 6.45) is 7.91. The zero-order valence-electron chi connectivity index (χ0n) is 23.4. The van der Waals surface area contributed by atoms with E-state index in [0.717, 1.165) is 17.5 Å². The Hall–Kier alpha value is -3.46. The van der Waals surface area contributed by atoms with Gasteiger partial charge in [0, 0.05) is 17.2 Å². The van der Waals surface area contributed by atoms with Crippen molar-refractivity contribution >= 4 is 21.9 Å². The molecule has 0 saturated heterocycles. The van der Waals surface area contributed by atoms with Crippen molar-refractivity contribution in [2.24, 2.45) is 11.8 Å². The van der Waals surface area contributed by atoms with Crippen LogP contribution in [0.4, 0.5) is 5.95 Å². The van der Waals surface area contributed by atoms with E-state index in [1.807, 2.05) is 13.0 Å². The van der Waals surface area contributed by atoms with Gasteiger partial charge in [-0.2, -0.15) is 4.98 Å². The van der Waals surface area contributed by atoms with Crippen molar-refractivity contribution in [2.75, 3.05) is 11.3 Å². The van der Waals surface area contributed by atoms with Crippen LogP contribution in [0.5, 0.6) is 5.88 Å². The van der Waals surface area contributed by atoms with Crippen molar-refractivity contribution in [2.45, 2.75) is 76.7 Å². The predicted molar refractivity (Wildman–Crippen MR) is 156 cm³/mol. The number of carbonyl (C=O) groups excluding carboxylic acids is 1. The molecule has 2 heterocycles. The number of nitrogens with zero attached hydrogens (tertiary/aromatic N) is 2. The Kier molecular flexibility index (Phi) is 8.40. The minimum absolute atomic E-state index is 0.0369. The Morgan fingerprint density at radius 1 is 1.02 bits per heavy atom. The van der Waals surface area contributed by atoms with Gasteiger partial charge in [-0.1, -0.05) is 70.2 Å². The Bertz CT molecular complexity index is 1480. The summed E-state index contributed by atoms with van der Waals surface area (Å²) in [6, 6.07) is 13.7. The van der Waals surface area contributed by atoms with Crippen LogP contribution < -0.4 is 14.8 Å². The first kappa shape index (κ1) is 28.1. The third-order valence-corrected chi connectivity index (χ3v) is 9.03. The molecule has 1 amide bonds. The highest BCUT2D eigenvalue weighted by atomic mass is 32.2. The molecule has 1 fully saturated rings. The van der Waals surface area contributed by atoms with Gasteiger partial charge < -0.3 is 10.1 Å². The fraction of sp³-hybridized carbons (Fsp3) is 0.452. The quantitative estimate of drug-likeness (QED) is 0.400. The van der Waals surface area contributed by atoms with Gasteiger partial charge in [-0.25, -0.2) is 18.1 Å². The molecule has 0 spiro atoms. The third-order valence-electron chi connectivity index (χ3n) is 7.71. The highest BCUT2D eigenvalue weighted by molar-refractivity contribution is 7.92. The van der Waals surface area contributed by atoms with Gasteiger partial charge >= 0.3 is 0 Å². The summed E-state index contributed by atoms with van der Waals surface area (Å²) in [5.74, 6) is 0.770. The topological polar surface area (TPSA) is 110 Å². The maximum Gasteiger partial charge on any atom is 0.264 e. The Balaban J connectivity index is 1.59. The first-order chi connectivity index (χ1) is 19.2. The smallest absolute Gasteiger partial charge is 0.264 e. The number of aromatic nitrogens is 2. The van der Waals surface area contributed by atoms with Gasteiger partial charge in [0.1, 0.15) is 6.61 Å². The highest BCUT2D eigenvalue weighted by Crippen LogP contribution is 2.34. The van der Waals surface area contributed by atoms with Crippen LogP contribution in [0.2, 0.25) is 0 Å². The monoisotopic (exact) mass is 562 g/mol. The fourth-order valence-corrected chi connectivity index (χ4v) is 6.81. The minimum Gasteiger partial charge on any atom is -0.475 e. The number of aryl methyl sites for hydroxylation is 1. The van der Waals surface area contributed by atoms with E-state index < -0.39 is 10.0 Å². The maximum absolute atomic E-state index is 13.4. The number of carbonyl (C=O) groups is 1. The molecule has 0 radical (unpaired) electrons. The molecule has 9 heteroatoms. The summed E-state index contributed by atoms with van der Waals surface area (Å²) < 4.78 is 35.4. The van der Waals surface area contributed by atoms with Gasteiger partial charge in [-0.3, -0.25) is 4.79 Å². The number of benzene rings is 2. The summed E-state index contributed by atoms with van der Waals surface area (Å²) in [7, 11) is -4.07. The van der Waals surface area contributed by atoms with Gasteiger partial charge in [0.25, 0.3) is 15.9 Å². The van der Waals surface area contributed by atoms with Crippen LogP contribution in [-0.4, -0.2) is 36.9 Å². The average molecular weight is 563 g/mol. The summed E-state index contributed by atoms with van der Waals surface area (Å²) in [5.41, 5.74) is 4.11. The lowest BCUT2D eigenvalue weighted by Gasteiger charge is -2.23. The van der Waals surface area contributed by atoms with E-state index in [1.165, 1.54) is 49.8 Å². The zero-order chi connectivity index (χ0) is 28.3. The molecule has 40 heavy (non-hydrogen) atoms. The molecule has 1 aliphatic heterocycles. The lowest BCUT2D eigenvalue weighted by molar-refractivity contribution is 0.0913. The molecule has 2 aromatic carbocycles. The minimum atomic E-state index is -4.07. The number of hydrogen-bond acceptors (Lipinski definition) is 6. The molecule has 1 saturated carbocycles. The molecule has 5 rings (SSSR count). The molecule has 1 atom stereocenters. The number of hydrogen-bond donors (Lipinski definition) is 2. The van der Waals surface area contributed by atoms with Gasteiger partial charge in [0.05, 0.1) is 16.6 Å². The van der Waals surface area contributed by atoms with E-state index in [2.05, 4.69) is 41.0 Å². The highest BCUT2D eigenvalue weighted by Gasteiger charge is 2.24. The van der Waals surface area contributed by atoms with Gasteiger partial charge in [-0.05, 0) is 60.9 Å². The molecule has 212 valence electrons. The van der Waals surface area contributed by atoms with Crippen LogP contribution in [-0.2, 0) is 16.4 Å². The van der Waals surface area contributed by atoms with Crippen molar-refractivity contribution in [1.82, 2.24) is 15.3 Å². The van der Waals surface area contributed by atoms with Crippen molar-refractivity contribution in [1.29, 1.82) is 0 Å². The van der Waals surface area contributed by atoms with E-state index in [9.17, 15) is 13.2 Å². The van der Waals surface area contributed by atoms with Gasteiger partial charge in [0.2, 0.25) is 11.8 Å². The van der Waals surface area contributed by atoms with E-state index in [-0.39, 0.29) is 40.8 Å². The lowest BCUT2D eigenvalue weighted by atomic mass is 9.83. The summed E-state index contributed by atoms with van der Waals surface area (Å²) in [5, 5.41) is 3.02. The van der Waals surface area contributed by atoms with E-state index in [1.54, 1.807) is 18.2 Å². The van der Waals surface area contributed by atoms with Crippen LogP contribution in [0.1, 0.15) is 73.9 Å². The van der Waals surface area contributed by atoms with E-state index in [4.69, 9.17) is 9.72 Å². The summed E-state index contributed by atoms with van der Waals surface area (Å²) in [4.78, 5) is 22.1. The second-order valence-corrected chi connectivity index (χ2v) is 13.2. The summed E-state index contributed by atoms with van der Waals surface area (Å²) >= 11 is 0. The summed E-state index contributed by atoms with van der Waals surface area (Å²) in [6.45, 7) is 6.40. The number of nitrogens with one attached hydrogen (secondary N) is 2. The van der Waals surface area contributed by atoms with Crippen molar-refractivity contribution < 1.29 is 17.9 Å². The van der Waals surface area contributed by atoms with E-state index >= 15 is 0 Å². The Morgan fingerprint density at radius 3 is 2.58 bits per heavy atom. The van der Waals surface area contributed by atoms with E-state index in [0.29, 0.717) is 24.0 Å². The first-order valence-electron chi connectivity index (χ1n) is 14.2. The Morgan fingerprint density at radius 2 is 1.80 bits per heavy atom. The number of amides is 1. The standard InChI is InChI=1S/C31H38N4O4S/c1-20(2)15-25-19-39-28-18-27(29-21(3)9-7-12-23(29)16-22-10-5-4-6-11-22)33-31(34-28)35-40(37,38)26-14-8-13-24(17-26)30(36)32-25/h7-9,12-14,17-18,20,22,25H,4-6,10-11,15-16,19H2,1-3H3,(H,32,36)(H,33,34,35)/t25-/m1/s1. The number of fused-ring (bicyclic) bond motifs is 4. The van der Waals surface area contributed by atoms with Crippen LogP contribution in [0.3, 0.4) is 0 Å². The maximum atomic E-state index is 13.4. The third kappa shape index (κ3) is 6.63. The van der Waals surface area contributed by atoms with Crippen LogP contribution in [0.25, 0.3) is 11.3 Å². The molecule has 2 N–H and O–H groups in total. The largest absolute Gasteiger partial charge is 0.475 e. The normalized spacial score (nSPS) is 19.4. The predicted octanol–water partition coefficient (Wildman–Crippen LogP) is 5.91. The first-order valence-corrected chi connectivity index (χ1v) is 15.7. The van der Waals surface area contributed by atoms with Gasteiger partial charge in [-0.15, -0.1) is 0 Å². The molecule has 8 nitrogen and oxygen atoms in total. The van der Waals surface area contributed by atoms with Crippen LogP contribution in [0, 0.1) is 18.8 Å². The molecule has 2 aliphatic rings. The van der Waals surface area contributed by atoms with Crippen LogP contribution >= 0.6 is 0 Å². The second-order valence-electron chi connectivity index (χ2n) is 11.5. The number of anilines is 1. The molecular formula is C31H38N4O4S. The molecule has 1 aliphatic carbocycles.